The van der Waals surface area contributed by atoms with Crippen molar-refractivity contribution >= 4 is 23.2 Å². The van der Waals surface area contributed by atoms with Crippen molar-refractivity contribution in [2.45, 2.75) is 19.9 Å². The van der Waals surface area contributed by atoms with Gasteiger partial charge in [0.15, 0.2) is 0 Å². The quantitative estimate of drug-likeness (QED) is 0.489. The maximum atomic E-state index is 13.5. The summed E-state index contributed by atoms with van der Waals surface area (Å²) in [5, 5.41) is 6.59. The van der Waals surface area contributed by atoms with Crippen LogP contribution in [0, 0.1) is 5.82 Å². The van der Waals surface area contributed by atoms with E-state index < -0.39 is 11.7 Å². The normalized spacial score (nSPS) is 11.1. The van der Waals surface area contributed by atoms with Crippen LogP contribution in [0.15, 0.2) is 47.0 Å². The molecule has 3 rings (SSSR count). The molecule has 1 amide bonds. The Kier molecular flexibility index (Phi) is 8.19. The predicted octanol–water partition coefficient (Wildman–Crippen LogP) is 4.24. The highest BCUT2D eigenvalue weighted by Gasteiger charge is 2.13. The molecule has 0 aliphatic heterocycles. The predicted molar refractivity (Wildman–Crippen MR) is 123 cm³/mol. The number of benzene rings is 2. The Balaban J connectivity index is 1.58. The van der Waals surface area contributed by atoms with Crippen LogP contribution in [0.2, 0.25) is 5.02 Å². The van der Waals surface area contributed by atoms with E-state index in [1.165, 1.54) is 12.1 Å². The highest BCUT2D eigenvalue weighted by molar-refractivity contribution is 6.30. The van der Waals surface area contributed by atoms with Crippen molar-refractivity contribution in [2.75, 3.05) is 38.6 Å². The number of hydrogen-bond donors (Lipinski definition) is 1. The third kappa shape index (κ3) is 6.27. The molecule has 0 spiro atoms. The minimum atomic E-state index is -0.651. The summed E-state index contributed by atoms with van der Waals surface area (Å²) in [5.74, 6) is -0.416. The molecule has 170 valence electrons. The van der Waals surface area contributed by atoms with Crippen LogP contribution >= 0.6 is 11.6 Å². The van der Waals surface area contributed by atoms with Crippen LogP contribution in [0.4, 0.5) is 10.1 Å². The number of anilines is 1. The minimum absolute atomic E-state index is 0.0314. The van der Waals surface area contributed by atoms with Crippen molar-refractivity contribution < 1.29 is 13.7 Å². The van der Waals surface area contributed by atoms with Gasteiger partial charge in [0.25, 0.3) is 5.91 Å². The van der Waals surface area contributed by atoms with E-state index in [0.717, 1.165) is 43.4 Å². The van der Waals surface area contributed by atoms with E-state index in [2.05, 4.69) is 46.3 Å². The van der Waals surface area contributed by atoms with Gasteiger partial charge in [-0.05, 0) is 76.4 Å². The van der Waals surface area contributed by atoms with E-state index in [1.807, 2.05) is 24.3 Å². The highest BCUT2D eigenvalue weighted by atomic mass is 35.5. The molecule has 3 aromatic rings. The van der Waals surface area contributed by atoms with E-state index in [9.17, 15) is 9.18 Å². The summed E-state index contributed by atoms with van der Waals surface area (Å²) in [6, 6.07) is 11.9. The van der Waals surface area contributed by atoms with Gasteiger partial charge in [0.2, 0.25) is 11.7 Å². The van der Waals surface area contributed by atoms with Crippen LogP contribution in [0.5, 0.6) is 0 Å². The lowest BCUT2D eigenvalue weighted by molar-refractivity contribution is 0.0946. The molecule has 0 unspecified atom stereocenters. The van der Waals surface area contributed by atoms with Gasteiger partial charge in [-0.3, -0.25) is 4.79 Å². The number of nitrogens with one attached hydrogen (secondary N) is 1. The Morgan fingerprint density at radius 3 is 2.56 bits per heavy atom. The Labute approximate surface area is 192 Å². The summed E-state index contributed by atoms with van der Waals surface area (Å²) in [6.07, 6.45) is 1.09. The molecule has 0 fully saturated rings. The van der Waals surface area contributed by atoms with E-state index in [4.69, 9.17) is 16.1 Å². The third-order valence-electron chi connectivity index (χ3n) is 4.96. The SMILES string of the molecule is CCN(CCCN(C)C)c1ccc(-c2noc(CNC(=O)c3ccc(Cl)c(F)c3)n2)cc1. The first kappa shape index (κ1) is 23.7. The molecule has 2 aromatic carbocycles. The second kappa shape index (κ2) is 11.1. The molecular weight excluding hydrogens is 433 g/mol. The summed E-state index contributed by atoms with van der Waals surface area (Å²) in [4.78, 5) is 21.0. The lowest BCUT2D eigenvalue weighted by atomic mass is 10.2. The van der Waals surface area contributed by atoms with Crippen molar-refractivity contribution in [3.63, 3.8) is 0 Å². The van der Waals surface area contributed by atoms with Gasteiger partial charge in [0, 0.05) is 29.9 Å². The standard InChI is InChI=1S/C23H27ClFN5O2/c1-4-30(13-5-12-29(2)3)18-9-6-16(7-10-18)22-27-21(32-28-22)15-26-23(31)17-8-11-19(24)20(25)14-17/h6-11,14H,4-5,12-13,15H2,1-3H3,(H,26,31). The Morgan fingerprint density at radius 1 is 1.16 bits per heavy atom. The highest BCUT2D eigenvalue weighted by Crippen LogP contribution is 2.22. The number of hydrogen-bond acceptors (Lipinski definition) is 6. The fourth-order valence-corrected chi connectivity index (χ4v) is 3.33. The average Bonchev–Trinajstić information content (AvgIpc) is 3.26. The zero-order valence-electron chi connectivity index (χ0n) is 18.4. The van der Waals surface area contributed by atoms with Crippen LogP contribution in [-0.4, -0.2) is 54.7 Å². The molecular formula is C23H27ClFN5O2. The minimum Gasteiger partial charge on any atom is -0.372 e. The van der Waals surface area contributed by atoms with E-state index in [0.29, 0.717) is 5.82 Å². The first-order chi connectivity index (χ1) is 15.4. The zero-order chi connectivity index (χ0) is 23.1. The number of carbonyl (C=O) groups is 1. The summed E-state index contributed by atoms with van der Waals surface area (Å²) in [5.41, 5.74) is 2.12. The fraction of sp³-hybridized carbons (Fsp3) is 0.348. The third-order valence-corrected chi connectivity index (χ3v) is 5.26. The van der Waals surface area contributed by atoms with Crippen LogP contribution in [-0.2, 0) is 6.54 Å². The van der Waals surface area contributed by atoms with Gasteiger partial charge in [-0.15, -0.1) is 0 Å². The molecule has 1 aromatic heterocycles. The molecule has 0 bridgehead atoms. The number of amides is 1. The number of halogens is 2. The first-order valence-corrected chi connectivity index (χ1v) is 10.8. The number of aromatic nitrogens is 2. The van der Waals surface area contributed by atoms with Crippen LogP contribution in [0.3, 0.4) is 0 Å². The molecule has 0 atom stereocenters. The van der Waals surface area contributed by atoms with E-state index in [1.54, 1.807) is 0 Å². The van der Waals surface area contributed by atoms with Crippen LogP contribution in [0.25, 0.3) is 11.4 Å². The van der Waals surface area contributed by atoms with Gasteiger partial charge < -0.3 is 19.6 Å². The van der Waals surface area contributed by atoms with Crippen LogP contribution < -0.4 is 10.2 Å². The van der Waals surface area contributed by atoms with Gasteiger partial charge in [-0.25, -0.2) is 4.39 Å². The van der Waals surface area contributed by atoms with Crippen molar-refractivity contribution in [3.8, 4) is 11.4 Å². The van der Waals surface area contributed by atoms with Crippen LogP contribution in [0.1, 0.15) is 29.6 Å². The van der Waals surface area contributed by atoms with E-state index in [-0.39, 0.29) is 23.0 Å². The second-order valence-electron chi connectivity index (χ2n) is 7.61. The smallest absolute Gasteiger partial charge is 0.251 e. The lowest BCUT2D eigenvalue weighted by Crippen LogP contribution is -2.26. The summed E-state index contributed by atoms with van der Waals surface area (Å²) >= 11 is 5.64. The topological polar surface area (TPSA) is 74.5 Å². The molecule has 0 radical (unpaired) electrons. The number of carbonyl (C=O) groups excluding carboxylic acids is 1. The van der Waals surface area contributed by atoms with Gasteiger partial charge in [-0.1, -0.05) is 16.8 Å². The van der Waals surface area contributed by atoms with Gasteiger partial charge in [0.1, 0.15) is 5.82 Å². The molecule has 7 nitrogen and oxygen atoms in total. The molecule has 0 saturated carbocycles. The van der Waals surface area contributed by atoms with Gasteiger partial charge in [-0.2, -0.15) is 4.98 Å². The average molecular weight is 460 g/mol. The lowest BCUT2D eigenvalue weighted by Gasteiger charge is -2.24. The first-order valence-electron chi connectivity index (χ1n) is 10.4. The largest absolute Gasteiger partial charge is 0.372 e. The molecule has 0 aliphatic rings. The van der Waals surface area contributed by atoms with Gasteiger partial charge in [0.05, 0.1) is 11.6 Å². The molecule has 9 heteroatoms. The Hall–Kier alpha value is -2.97. The molecule has 32 heavy (non-hydrogen) atoms. The molecule has 1 heterocycles. The zero-order valence-corrected chi connectivity index (χ0v) is 19.2. The fourth-order valence-electron chi connectivity index (χ4n) is 3.21. The summed E-state index contributed by atoms with van der Waals surface area (Å²) < 4.78 is 18.8. The van der Waals surface area contributed by atoms with Crippen molar-refractivity contribution in [2.24, 2.45) is 0 Å². The van der Waals surface area contributed by atoms with Crippen molar-refractivity contribution in [3.05, 3.63) is 64.8 Å². The Morgan fingerprint density at radius 2 is 1.91 bits per heavy atom. The Bertz CT molecular complexity index is 1040. The van der Waals surface area contributed by atoms with E-state index >= 15 is 0 Å². The van der Waals surface area contributed by atoms with Crippen molar-refractivity contribution in [1.29, 1.82) is 0 Å². The van der Waals surface area contributed by atoms with Gasteiger partial charge >= 0.3 is 0 Å². The summed E-state index contributed by atoms with van der Waals surface area (Å²) in [6.45, 7) is 5.13. The molecule has 1 N–H and O–H groups in total. The molecule has 0 saturated heterocycles. The summed E-state index contributed by atoms with van der Waals surface area (Å²) in [7, 11) is 4.15. The number of nitrogens with zero attached hydrogens (tertiary/aromatic N) is 4. The maximum Gasteiger partial charge on any atom is 0.251 e. The monoisotopic (exact) mass is 459 g/mol. The van der Waals surface area contributed by atoms with Crippen molar-refractivity contribution in [1.82, 2.24) is 20.4 Å². The molecule has 0 aliphatic carbocycles. The maximum absolute atomic E-state index is 13.5. The number of rotatable bonds is 10. The second-order valence-corrected chi connectivity index (χ2v) is 8.01.